The van der Waals surface area contributed by atoms with Crippen molar-refractivity contribution >= 4 is 39.4 Å². The molecule has 214 valence electrons. The van der Waals surface area contributed by atoms with E-state index in [1.165, 1.54) is 28.7 Å². The van der Waals surface area contributed by atoms with Crippen LogP contribution in [0.3, 0.4) is 0 Å². The quantitative estimate of drug-likeness (QED) is 0.273. The molecule has 3 fully saturated rings. The topological polar surface area (TPSA) is 79.6 Å². The molecule has 1 N–H and O–H groups in total. The number of imidazole rings is 1. The molecule has 3 aliphatic rings. The van der Waals surface area contributed by atoms with Gasteiger partial charge in [0.15, 0.2) is 4.96 Å². The number of nitrogens with zero attached hydrogens (tertiary/aromatic N) is 4. The van der Waals surface area contributed by atoms with Crippen LogP contribution in [0, 0.1) is 12.8 Å². The van der Waals surface area contributed by atoms with Crippen LogP contribution < -0.4 is 5.32 Å². The highest BCUT2D eigenvalue weighted by Gasteiger charge is 2.47. The number of nitrogens with one attached hydrogen (secondary N) is 1. The van der Waals surface area contributed by atoms with E-state index in [0.717, 1.165) is 60.6 Å². The summed E-state index contributed by atoms with van der Waals surface area (Å²) in [4.78, 5) is 39.9. The third-order valence-electron chi connectivity index (χ3n) is 8.55. The Hall–Kier alpha value is -3.25. The van der Waals surface area contributed by atoms with Crippen LogP contribution in [0.4, 0.5) is 13.2 Å². The Balaban J connectivity index is 1.20. The fourth-order valence-electron chi connectivity index (χ4n) is 6.49. The molecule has 0 unspecified atom stereocenters. The molecule has 1 aliphatic heterocycles. The van der Waals surface area contributed by atoms with Crippen LogP contribution in [0.1, 0.15) is 81.7 Å². The summed E-state index contributed by atoms with van der Waals surface area (Å²) < 4.78 is 42.4. The molecule has 0 bridgehead atoms. The lowest BCUT2D eigenvalue weighted by Crippen LogP contribution is -2.47. The number of benzene rings is 1. The van der Waals surface area contributed by atoms with E-state index < -0.39 is 11.7 Å². The van der Waals surface area contributed by atoms with Crippen LogP contribution in [-0.4, -0.2) is 49.7 Å². The van der Waals surface area contributed by atoms with E-state index in [1.54, 1.807) is 17.4 Å². The van der Waals surface area contributed by atoms with Crippen molar-refractivity contribution in [1.82, 2.24) is 24.6 Å². The average molecular weight is 600 g/mol. The molecule has 2 amide bonds. The molecule has 41 heavy (non-hydrogen) atoms. The van der Waals surface area contributed by atoms with E-state index in [0.29, 0.717) is 27.7 Å². The summed E-state index contributed by atoms with van der Waals surface area (Å²) in [5, 5.41) is 5.73. The fourth-order valence-corrected chi connectivity index (χ4v) is 8.48. The van der Waals surface area contributed by atoms with Crippen LogP contribution in [-0.2, 0) is 6.18 Å². The molecule has 7 nitrogen and oxygen atoms in total. The summed E-state index contributed by atoms with van der Waals surface area (Å²) in [5.41, 5.74) is 0.966. The summed E-state index contributed by atoms with van der Waals surface area (Å²) in [6.07, 6.45) is 2.96. The normalized spacial score (nSPS) is 22.4. The van der Waals surface area contributed by atoms with Crippen molar-refractivity contribution in [3.8, 4) is 10.4 Å². The van der Waals surface area contributed by atoms with Gasteiger partial charge in [-0.25, -0.2) is 9.97 Å². The van der Waals surface area contributed by atoms with Gasteiger partial charge in [-0.1, -0.05) is 18.6 Å². The minimum atomic E-state index is -4.48. The van der Waals surface area contributed by atoms with Crippen LogP contribution in [0.15, 0.2) is 35.8 Å². The molecular weight excluding hydrogens is 571 g/mol. The van der Waals surface area contributed by atoms with Crippen molar-refractivity contribution in [2.24, 2.45) is 5.92 Å². The molecule has 2 aliphatic carbocycles. The Kier molecular flexibility index (Phi) is 6.46. The Labute approximate surface area is 242 Å². The predicted molar refractivity (Wildman–Crippen MR) is 150 cm³/mol. The maximum Gasteiger partial charge on any atom is 0.416 e. The number of fused-ring (bicyclic) bond motifs is 2. The van der Waals surface area contributed by atoms with Gasteiger partial charge < -0.3 is 10.2 Å². The smallest absolute Gasteiger partial charge is 0.349 e. The summed E-state index contributed by atoms with van der Waals surface area (Å²) in [6, 6.07) is 4.96. The summed E-state index contributed by atoms with van der Waals surface area (Å²) in [5.74, 6) is 0.0914. The molecule has 12 heteroatoms. The number of amides is 2. The summed E-state index contributed by atoms with van der Waals surface area (Å²) >= 11 is 2.79. The van der Waals surface area contributed by atoms with Gasteiger partial charge in [0, 0.05) is 30.1 Å². The highest BCUT2D eigenvalue weighted by Crippen LogP contribution is 2.47. The van der Waals surface area contributed by atoms with Gasteiger partial charge in [0.25, 0.3) is 11.8 Å². The first-order chi connectivity index (χ1) is 19.7. The number of hydrogen-bond acceptors (Lipinski definition) is 6. The average Bonchev–Trinajstić information content (AvgIpc) is 3.32. The number of aryl methyl sites for hydroxylation is 1. The van der Waals surface area contributed by atoms with Gasteiger partial charge in [0.1, 0.15) is 11.4 Å². The predicted octanol–water partition coefficient (Wildman–Crippen LogP) is 6.54. The fraction of sp³-hybridized carbons (Fsp3) is 0.448. The molecule has 3 atom stereocenters. The lowest BCUT2D eigenvalue weighted by Gasteiger charge is -2.30. The Morgan fingerprint density at radius 3 is 2.76 bits per heavy atom. The number of alkyl halides is 3. The number of likely N-dealkylation sites (tertiary alicyclic amines) is 1. The van der Waals surface area contributed by atoms with Crippen LogP contribution in [0.25, 0.3) is 15.4 Å². The highest BCUT2D eigenvalue weighted by molar-refractivity contribution is 7.15. The number of carbonyl (C=O) groups excluding carboxylic acids is 2. The van der Waals surface area contributed by atoms with Crippen molar-refractivity contribution in [1.29, 1.82) is 0 Å². The van der Waals surface area contributed by atoms with Crippen molar-refractivity contribution in [2.45, 2.75) is 69.6 Å². The molecule has 2 saturated carbocycles. The first-order valence-electron chi connectivity index (χ1n) is 13.9. The second-order valence-corrected chi connectivity index (χ2v) is 13.2. The van der Waals surface area contributed by atoms with E-state index in [9.17, 15) is 22.8 Å². The Morgan fingerprint density at radius 1 is 1.15 bits per heavy atom. The third kappa shape index (κ3) is 4.74. The highest BCUT2D eigenvalue weighted by atomic mass is 32.1. The van der Waals surface area contributed by atoms with Crippen molar-refractivity contribution in [3.05, 3.63) is 63.5 Å². The summed E-state index contributed by atoms with van der Waals surface area (Å²) in [6.45, 7) is 2.09. The second kappa shape index (κ2) is 9.94. The zero-order valence-corrected chi connectivity index (χ0v) is 23.9. The van der Waals surface area contributed by atoms with Crippen LogP contribution >= 0.6 is 22.7 Å². The Morgan fingerprint density at radius 2 is 1.98 bits per heavy atom. The number of halogens is 3. The minimum Gasteiger partial charge on any atom is -0.349 e. The zero-order valence-electron chi connectivity index (χ0n) is 22.3. The molecule has 4 heterocycles. The largest absolute Gasteiger partial charge is 0.416 e. The molecule has 1 aromatic carbocycles. The number of thiazole rings is 2. The third-order valence-corrected chi connectivity index (χ3v) is 10.6. The molecule has 3 aromatic heterocycles. The maximum atomic E-state index is 14.3. The van der Waals surface area contributed by atoms with Crippen LogP contribution in [0.5, 0.6) is 0 Å². The van der Waals surface area contributed by atoms with Crippen molar-refractivity contribution < 1.29 is 22.8 Å². The number of aromatic nitrogens is 3. The second-order valence-electron chi connectivity index (χ2n) is 11.3. The van der Waals surface area contributed by atoms with Gasteiger partial charge in [-0.15, -0.1) is 22.7 Å². The van der Waals surface area contributed by atoms with E-state index >= 15 is 0 Å². The van der Waals surface area contributed by atoms with Gasteiger partial charge in [-0.3, -0.25) is 14.0 Å². The minimum absolute atomic E-state index is 0.0325. The van der Waals surface area contributed by atoms with E-state index in [2.05, 4.69) is 10.3 Å². The van der Waals surface area contributed by atoms with Gasteiger partial charge >= 0.3 is 6.18 Å². The van der Waals surface area contributed by atoms with Crippen LogP contribution in [0.2, 0.25) is 0 Å². The standard InChI is InChI=1S/C29H28F3N5O2S2/c1-15-23(36-10-11-40-28(36)34-15)25(38)33-14-20-13-17-4-3-7-21(17)37(20)27(39)22-24(41-26(35-22)16-8-9-16)18-5-2-6-19(12-18)29(30,31)32/h2,5-6,10-12,16-17,20-21H,3-4,7-9,13-14H2,1H3,(H,33,38)/t17-,20-,21-/m0/s1. The van der Waals surface area contributed by atoms with Gasteiger partial charge in [-0.2, -0.15) is 13.2 Å². The van der Waals surface area contributed by atoms with Gasteiger partial charge in [0.05, 0.1) is 27.2 Å². The Bertz CT molecular complexity index is 1650. The zero-order chi connectivity index (χ0) is 28.5. The maximum absolute atomic E-state index is 14.3. The van der Waals surface area contributed by atoms with Gasteiger partial charge in [-0.05, 0) is 62.6 Å². The molecular formula is C29H28F3N5O2S2. The number of hydrogen-bond donors (Lipinski definition) is 1. The van der Waals surface area contributed by atoms with E-state index in [4.69, 9.17) is 4.98 Å². The first kappa shape index (κ1) is 26.6. The lowest BCUT2D eigenvalue weighted by atomic mass is 10.0. The number of carbonyl (C=O) groups is 2. The van der Waals surface area contributed by atoms with Crippen molar-refractivity contribution in [3.63, 3.8) is 0 Å². The molecule has 1 saturated heterocycles. The molecule has 0 spiro atoms. The monoisotopic (exact) mass is 599 g/mol. The lowest BCUT2D eigenvalue weighted by molar-refractivity contribution is -0.137. The SMILES string of the molecule is Cc1nc2sccn2c1C(=O)NC[C@@H]1C[C@@H]2CCC[C@@H]2N1C(=O)c1nc(C2CC2)sc1-c1cccc(C(F)(F)F)c1. The molecule has 7 rings (SSSR count). The van der Waals surface area contributed by atoms with Gasteiger partial charge in [0.2, 0.25) is 0 Å². The molecule has 0 radical (unpaired) electrons. The number of rotatable bonds is 6. The molecule has 4 aromatic rings. The van der Waals surface area contributed by atoms with E-state index in [-0.39, 0.29) is 42.1 Å². The summed E-state index contributed by atoms with van der Waals surface area (Å²) in [7, 11) is 0. The van der Waals surface area contributed by atoms with Crippen molar-refractivity contribution in [2.75, 3.05) is 6.54 Å². The first-order valence-corrected chi connectivity index (χ1v) is 15.6. The van der Waals surface area contributed by atoms with E-state index in [1.807, 2.05) is 16.5 Å².